The van der Waals surface area contributed by atoms with Crippen LogP contribution in [0.2, 0.25) is 0 Å². The molecule has 7 heteroatoms. The van der Waals surface area contributed by atoms with Crippen molar-refractivity contribution in [1.82, 2.24) is 10.0 Å². The number of aryl methyl sites for hydroxylation is 1. The molecule has 1 heterocycles. The Morgan fingerprint density at radius 3 is 2.44 bits per heavy atom. The number of amides is 1. The zero-order chi connectivity index (χ0) is 18.4. The van der Waals surface area contributed by atoms with Crippen LogP contribution < -0.4 is 10.0 Å². The third-order valence-corrected chi connectivity index (χ3v) is 5.41. The van der Waals surface area contributed by atoms with Crippen molar-refractivity contribution in [3.8, 4) is 0 Å². The molecule has 0 fully saturated rings. The largest absolute Gasteiger partial charge is 0.468 e. The van der Waals surface area contributed by atoms with E-state index in [4.69, 9.17) is 4.42 Å². The second-order valence-electron chi connectivity index (χ2n) is 6.08. The van der Waals surface area contributed by atoms with Gasteiger partial charge in [-0.1, -0.05) is 24.6 Å². The standard InChI is InChI=1S/C18H24N2O4S/c1-4-14(3)19-18(21)12-16(17-6-5-11-24-17)20-25(22,23)15-9-7-13(2)8-10-15/h5-11,14,16,20H,4,12H2,1-3H3,(H,19,21)/t14-,16+/m0/s1. The predicted molar refractivity (Wildman–Crippen MR) is 95.5 cm³/mol. The van der Waals surface area contributed by atoms with Gasteiger partial charge >= 0.3 is 0 Å². The van der Waals surface area contributed by atoms with Gasteiger partial charge in [-0.05, 0) is 44.5 Å². The summed E-state index contributed by atoms with van der Waals surface area (Å²) in [5, 5.41) is 2.84. The highest BCUT2D eigenvalue weighted by atomic mass is 32.2. The lowest BCUT2D eigenvalue weighted by atomic mass is 10.1. The molecule has 136 valence electrons. The summed E-state index contributed by atoms with van der Waals surface area (Å²) in [6, 6.07) is 9.10. The van der Waals surface area contributed by atoms with Gasteiger partial charge in [0.15, 0.2) is 0 Å². The summed E-state index contributed by atoms with van der Waals surface area (Å²) in [7, 11) is -3.77. The van der Waals surface area contributed by atoms with Crippen LogP contribution >= 0.6 is 0 Å². The first kappa shape index (κ1) is 19.2. The average molecular weight is 364 g/mol. The van der Waals surface area contributed by atoms with Gasteiger partial charge in [0, 0.05) is 6.04 Å². The summed E-state index contributed by atoms with van der Waals surface area (Å²) in [6.07, 6.45) is 2.21. The lowest BCUT2D eigenvalue weighted by Crippen LogP contribution is -2.37. The van der Waals surface area contributed by atoms with Crippen LogP contribution in [-0.2, 0) is 14.8 Å². The molecule has 1 amide bonds. The molecule has 0 spiro atoms. The molecule has 0 bridgehead atoms. The highest BCUT2D eigenvalue weighted by Gasteiger charge is 2.25. The van der Waals surface area contributed by atoms with Crippen molar-refractivity contribution in [2.45, 2.75) is 50.6 Å². The molecule has 1 aromatic heterocycles. The molecule has 0 saturated heterocycles. The third-order valence-electron chi connectivity index (χ3n) is 3.92. The van der Waals surface area contributed by atoms with Crippen molar-refractivity contribution in [2.24, 2.45) is 0 Å². The zero-order valence-electron chi connectivity index (χ0n) is 14.7. The van der Waals surface area contributed by atoms with E-state index in [1.807, 2.05) is 20.8 Å². The monoisotopic (exact) mass is 364 g/mol. The fraction of sp³-hybridized carbons (Fsp3) is 0.389. The molecule has 0 aliphatic rings. The lowest BCUT2D eigenvalue weighted by molar-refractivity contribution is -0.122. The van der Waals surface area contributed by atoms with Crippen molar-refractivity contribution >= 4 is 15.9 Å². The van der Waals surface area contributed by atoms with E-state index in [0.717, 1.165) is 12.0 Å². The maximum Gasteiger partial charge on any atom is 0.241 e. The Bertz CT molecular complexity index is 783. The zero-order valence-corrected chi connectivity index (χ0v) is 15.5. The first-order valence-electron chi connectivity index (χ1n) is 8.23. The minimum absolute atomic E-state index is 0.0263. The number of carbonyl (C=O) groups excluding carboxylic acids is 1. The fourth-order valence-electron chi connectivity index (χ4n) is 2.28. The quantitative estimate of drug-likeness (QED) is 0.754. The van der Waals surface area contributed by atoms with Crippen LogP contribution in [0.15, 0.2) is 52.0 Å². The molecular weight excluding hydrogens is 340 g/mol. The van der Waals surface area contributed by atoms with Crippen molar-refractivity contribution < 1.29 is 17.6 Å². The highest BCUT2D eigenvalue weighted by Crippen LogP contribution is 2.21. The van der Waals surface area contributed by atoms with Gasteiger partial charge < -0.3 is 9.73 Å². The van der Waals surface area contributed by atoms with Crippen molar-refractivity contribution in [3.05, 3.63) is 54.0 Å². The lowest BCUT2D eigenvalue weighted by Gasteiger charge is -2.18. The van der Waals surface area contributed by atoms with E-state index in [1.54, 1.807) is 24.3 Å². The minimum Gasteiger partial charge on any atom is -0.468 e. The van der Waals surface area contributed by atoms with Crippen LogP contribution in [0.4, 0.5) is 0 Å². The first-order valence-corrected chi connectivity index (χ1v) is 9.72. The molecule has 0 unspecified atom stereocenters. The SMILES string of the molecule is CC[C@H](C)NC(=O)C[C@@H](NS(=O)(=O)c1ccc(C)cc1)c1ccco1. The molecule has 1 aromatic carbocycles. The van der Waals surface area contributed by atoms with Crippen molar-refractivity contribution in [2.75, 3.05) is 0 Å². The third kappa shape index (κ3) is 5.44. The number of furan rings is 1. The molecule has 2 atom stereocenters. The maximum absolute atomic E-state index is 12.6. The van der Waals surface area contributed by atoms with E-state index in [2.05, 4.69) is 10.0 Å². The number of hydrogen-bond acceptors (Lipinski definition) is 4. The molecule has 0 radical (unpaired) electrons. The van der Waals surface area contributed by atoms with Crippen LogP contribution in [0, 0.1) is 6.92 Å². The van der Waals surface area contributed by atoms with E-state index in [9.17, 15) is 13.2 Å². The van der Waals surface area contributed by atoms with Gasteiger partial charge in [-0.3, -0.25) is 4.79 Å². The average Bonchev–Trinajstić information content (AvgIpc) is 3.08. The van der Waals surface area contributed by atoms with Gasteiger partial charge in [0.2, 0.25) is 15.9 Å². The smallest absolute Gasteiger partial charge is 0.241 e. The second-order valence-corrected chi connectivity index (χ2v) is 7.80. The van der Waals surface area contributed by atoms with Gasteiger partial charge in [0.05, 0.1) is 23.6 Å². The van der Waals surface area contributed by atoms with E-state index >= 15 is 0 Å². The van der Waals surface area contributed by atoms with Crippen LogP contribution in [0.5, 0.6) is 0 Å². The van der Waals surface area contributed by atoms with Crippen molar-refractivity contribution in [3.63, 3.8) is 0 Å². The number of hydrogen-bond donors (Lipinski definition) is 2. The fourth-order valence-corrected chi connectivity index (χ4v) is 3.49. The van der Waals surface area contributed by atoms with Crippen LogP contribution in [-0.4, -0.2) is 20.4 Å². The molecule has 0 saturated carbocycles. The Morgan fingerprint density at radius 1 is 1.20 bits per heavy atom. The maximum atomic E-state index is 12.6. The van der Waals surface area contributed by atoms with E-state index < -0.39 is 16.1 Å². The number of rotatable bonds is 8. The Kier molecular flexibility index (Phi) is 6.39. The molecular formula is C18H24N2O4S. The normalized spacial score (nSPS) is 14.0. The molecule has 0 aliphatic carbocycles. The van der Waals surface area contributed by atoms with Gasteiger partial charge in [-0.15, -0.1) is 0 Å². The van der Waals surface area contributed by atoms with E-state index in [0.29, 0.717) is 5.76 Å². The predicted octanol–water partition coefficient (Wildman–Crippen LogP) is 2.91. The van der Waals surface area contributed by atoms with Gasteiger partial charge in [-0.25, -0.2) is 8.42 Å². The van der Waals surface area contributed by atoms with Crippen LogP contribution in [0.25, 0.3) is 0 Å². The van der Waals surface area contributed by atoms with Crippen molar-refractivity contribution in [1.29, 1.82) is 0 Å². The molecule has 25 heavy (non-hydrogen) atoms. The summed E-state index contributed by atoms with van der Waals surface area (Å²) in [6.45, 7) is 5.75. The first-order chi connectivity index (χ1) is 11.8. The van der Waals surface area contributed by atoms with Crippen LogP contribution in [0.1, 0.15) is 44.1 Å². The Morgan fingerprint density at radius 2 is 1.88 bits per heavy atom. The Labute approximate surface area is 148 Å². The molecule has 6 nitrogen and oxygen atoms in total. The highest BCUT2D eigenvalue weighted by molar-refractivity contribution is 7.89. The minimum atomic E-state index is -3.77. The van der Waals surface area contributed by atoms with Gasteiger partial charge in [-0.2, -0.15) is 4.72 Å². The number of benzene rings is 1. The number of sulfonamides is 1. The molecule has 0 aliphatic heterocycles. The van der Waals surface area contributed by atoms with Gasteiger partial charge in [0.25, 0.3) is 0 Å². The molecule has 2 aromatic rings. The summed E-state index contributed by atoms with van der Waals surface area (Å²) in [4.78, 5) is 12.3. The Balaban J connectivity index is 2.19. The summed E-state index contributed by atoms with van der Waals surface area (Å²) < 4.78 is 33.1. The molecule has 2 rings (SSSR count). The molecule has 2 N–H and O–H groups in total. The summed E-state index contributed by atoms with van der Waals surface area (Å²) >= 11 is 0. The second kappa shape index (κ2) is 8.31. The topological polar surface area (TPSA) is 88.4 Å². The Hall–Kier alpha value is -2.12. The number of nitrogens with one attached hydrogen (secondary N) is 2. The van der Waals surface area contributed by atoms with Gasteiger partial charge in [0.1, 0.15) is 5.76 Å². The number of carbonyl (C=O) groups is 1. The summed E-state index contributed by atoms with van der Waals surface area (Å²) in [5.41, 5.74) is 0.967. The van der Waals surface area contributed by atoms with Crippen LogP contribution in [0.3, 0.4) is 0 Å². The van der Waals surface area contributed by atoms with E-state index in [-0.39, 0.29) is 23.3 Å². The van der Waals surface area contributed by atoms with E-state index in [1.165, 1.54) is 18.4 Å². The summed E-state index contributed by atoms with van der Waals surface area (Å²) in [5.74, 6) is 0.164.